The zero-order chi connectivity index (χ0) is 21.1. The number of hydrogen-bond donors (Lipinski definition) is 1. The summed E-state index contributed by atoms with van der Waals surface area (Å²) in [5, 5.41) is 10.3. The molecule has 0 aliphatic carbocycles. The summed E-state index contributed by atoms with van der Waals surface area (Å²) in [5.41, 5.74) is 3.84. The smallest absolute Gasteiger partial charge is 0.307 e. The van der Waals surface area contributed by atoms with Gasteiger partial charge in [0.2, 0.25) is 0 Å². The lowest BCUT2D eigenvalue weighted by atomic mass is 10.0. The van der Waals surface area contributed by atoms with Gasteiger partial charge in [-0.25, -0.2) is 0 Å². The Kier molecular flexibility index (Phi) is 5.81. The van der Waals surface area contributed by atoms with Crippen LogP contribution in [0.25, 0.3) is 10.9 Å². The molecule has 0 aliphatic heterocycles. The Morgan fingerprint density at radius 1 is 0.833 bits per heavy atom. The maximum atomic E-state index is 13.5. The molecule has 0 radical (unpaired) electrons. The highest BCUT2D eigenvalue weighted by Gasteiger charge is 2.24. The highest BCUT2D eigenvalue weighted by Crippen LogP contribution is 2.30. The quantitative estimate of drug-likeness (QED) is 0.369. The number of hydrogen-bond acceptors (Lipinski definition) is 2. The van der Waals surface area contributed by atoms with E-state index in [9.17, 15) is 14.7 Å². The van der Waals surface area contributed by atoms with Crippen molar-refractivity contribution in [3.63, 3.8) is 0 Å². The molecule has 0 spiro atoms. The zero-order valence-electron chi connectivity index (χ0n) is 16.2. The van der Waals surface area contributed by atoms with Crippen LogP contribution in [0.15, 0.2) is 83.3 Å². The second-order valence-electron chi connectivity index (χ2n) is 7.18. The number of Topliss-reactive ketones (excluding diaryl/α,β-unsaturated/α-hetero) is 1. The Morgan fingerprint density at radius 2 is 1.50 bits per heavy atom. The van der Waals surface area contributed by atoms with Crippen LogP contribution in [0.1, 0.15) is 27.2 Å². The van der Waals surface area contributed by atoms with Gasteiger partial charge in [-0.3, -0.25) is 9.59 Å². The van der Waals surface area contributed by atoms with Gasteiger partial charge in [0.1, 0.15) is 0 Å². The average molecular weight is 462 g/mol. The van der Waals surface area contributed by atoms with Crippen molar-refractivity contribution in [3.8, 4) is 0 Å². The molecule has 5 heteroatoms. The van der Waals surface area contributed by atoms with Crippen molar-refractivity contribution in [1.82, 2.24) is 4.57 Å². The molecule has 0 fully saturated rings. The summed E-state index contributed by atoms with van der Waals surface area (Å²) in [5.74, 6) is -1.04. The van der Waals surface area contributed by atoms with E-state index in [1.54, 1.807) is 0 Å². The van der Waals surface area contributed by atoms with Gasteiger partial charge in [0, 0.05) is 28.3 Å². The van der Waals surface area contributed by atoms with Crippen LogP contribution in [0, 0.1) is 0 Å². The molecule has 0 atom stereocenters. The van der Waals surface area contributed by atoms with E-state index in [-0.39, 0.29) is 18.6 Å². The standard InChI is InChI=1S/C25H20BrNO3/c26-21-12-6-4-10-18(21)14-23(28)25-20(15-24(29)30)19-11-5-7-13-22(19)27(25)16-17-8-2-1-3-9-17/h1-13H,14-16H2,(H,29,30). The first kappa shape index (κ1) is 20.1. The maximum Gasteiger partial charge on any atom is 0.307 e. The predicted molar refractivity (Wildman–Crippen MR) is 121 cm³/mol. The van der Waals surface area contributed by atoms with E-state index in [1.807, 2.05) is 83.4 Å². The van der Waals surface area contributed by atoms with Crippen LogP contribution < -0.4 is 0 Å². The summed E-state index contributed by atoms with van der Waals surface area (Å²) in [6.45, 7) is 0.498. The van der Waals surface area contributed by atoms with Crippen molar-refractivity contribution < 1.29 is 14.7 Å². The molecular weight excluding hydrogens is 442 g/mol. The van der Waals surface area contributed by atoms with Crippen molar-refractivity contribution in [2.45, 2.75) is 19.4 Å². The largest absolute Gasteiger partial charge is 0.481 e. The van der Waals surface area contributed by atoms with Crippen molar-refractivity contribution in [1.29, 1.82) is 0 Å². The molecule has 30 heavy (non-hydrogen) atoms. The van der Waals surface area contributed by atoms with Gasteiger partial charge in [-0.15, -0.1) is 0 Å². The predicted octanol–water partition coefficient (Wildman–Crippen LogP) is 5.50. The van der Waals surface area contributed by atoms with Crippen LogP contribution in [0.2, 0.25) is 0 Å². The number of aromatic nitrogens is 1. The fourth-order valence-corrected chi connectivity index (χ4v) is 4.28. The molecular formula is C25H20BrNO3. The first-order valence-corrected chi connectivity index (χ1v) is 10.5. The molecule has 4 aromatic rings. The van der Waals surface area contributed by atoms with E-state index in [1.165, 1.54) is 0 Å². The third kappa shape index (κ3) is 4.07. The summed E-state index contributed by atoms with van der Waals surface area (Å²) in [4.78, 5) is 25.2. The number of aliphatic carboxylic acids is 1. The number of carboxylic acids is 1. The number of fused-ring (bicyclic) bond motifs is 1. The minimum atomic E-state index is -0.951. The Bertz CT molecular complexity index is 1230. The highest BCUT2D eigenvalue weighted by molar-refractivity contribution is 9.10. The van der Waals surface area contributed by atoms with Gasteiger partial charge < -0.3 is 9.67 Å². The van der Waals surface area contributed by atoms with Gasteiger partial charge in [-0.2, -0.15) is 0 Å². The van der Waals surface area contributed by atoms with Gasteiger partial charge in [0.25, 0.3) is 0 Å². The fraction of sp³-hybridized carbons (Fsp3) is 0.120. The SMILES string of the molecule is O=C(O)Cc1c(C(=O)Cc2ccccc2Br)n(Cc2ccccc2)c2ccccc12. The number of nitrogens with zero attached hydrogens (tertiary/aromatic N) is 1. The molecule has 150 valence electrons. The van der Waals surface area contributed by atoms with E-state index in [4.69, 9.17) is 0 Å². The summed E-state index contributed by atoms with van der Waals surface area (Å²) < 4.78 is 2.83. The van der Waals surface area contributed by atoms with Gasteiger partial charge in [-0.1, -0.05) is 82.7 Å². The second-order valence-corrected chi connectivity index (χ2v) is 8.03. The second kappa shape index (κ2) is 8.67. The number of halogens is 1. The van der Waals surface area contributed by atoms with Crippen LogP contribution in [-0.4, -0.2) is 21.4 Å². The number of para-hydroxylation sites is 1. The molecule has 1 N–H and O–H groups in total. The van der Waals surface area contributed by atoms with E-state index in [2.05, 4.69) is 15.9 Å². The number of rotatable bonds is 7. The zero-order valence-corrected chi connectivity index (χ0v) is 17.8. The van der Waals surface area contributed by atoms with E-state index in [0.29, 0.717) is 17.8 Å². The third-order valence-electron chi connectivity index (χ3n) is 5.16. The summed E-state index contributed by atoms with van der Waals surface area (Å²) in [6, 6.07) is 25.1. The molecule has 0 bridgehead atoms. The van der Waals surface area contributed by atoms with Crippen molar-refractivity contribution in [2.24, 2.45) is 0 Å². The molecule has 4 nitrogen and oxygen atoms in total. The Labute approximate surface area is 182 Å². The fourth-order valence-electron chi connectivity index (χ4n) is 3.85. The minimum absolute atomic E-state index is 0.0923. The number of carbonyl (C=O) groups excluding carboxylic acids is 1. The van der Waals surface area contributed by atoms with Crippen molar-refractivity contribution in [2.75, 3.05) is 0 Å². The van der Waals surface area contributed by atoms with Crippen LogP contribution in [0.3, 0.4) is 0 Å². The van der Waals surface area contributed by atoms with Gasteiger partial charge in [0.05, 0.1) is 12.1 Å². The molecule has 0 saturated heterocycles. The molecule has 4 rings (SSSR count). The first-order valence-electron chi connectivity index (χ1n) is 9.67. The summed E-state index contributed by atoms with van der Waals surface area (Å²) in [6.07, 6.45) is -0.00150. The van der Waals surface area contributed by atoms with E-state index >= 15 is 0 Å². The number of carbonyl (C=O) groups is 2. The summed E-state index contributed by atoms with van der Waals surface area (Å²) in [7, 11) is 0. The van der Waals surface area contributed by atoms with E-state index in [0.717, 1.165) is 26.5 Å². The van der Waals surface area contributed by atoms with Crippen LogP contribution in [0.4, 0.5) is 0 Å². The molecule has 0 aliphatic rings. The molecule has 0 amide bonds. The van der Waals surface area contributed by atoms with Crippen molar-refractivity contribution in [3.05, 3.63) is 106 Å². The number of benzene rings is 3. The lowest BCUT2D eigenvalue weighted by Crippen LogP contribution is -2.16. The first-order chi connectivity index (χ1) is 14.5. The third-order valence-corrected chi connectivity index (χ3v) is 5.93. The van der Waals surface area contributed by atoms with Gasteiger partial charge >= 0.3 is 5.97 Å². The Balaban J connectivity index is 1.88. The van der Waals surface area contributed by atoms with E-state index < -0.39 is 5.97 Å². The molecule has 1 aromatic heterocycles. The van der Waals surface area contributed by atoms with Crippen LogP contribution in [0.5, 0.6) is 0 Å². The maximum absolute atomic E-state index is 13.5. The van der Waals surface area contributed by atoms with Crippen molar-refractivity contribution >= 4 is 38.6 Å². The highest BCUT2D eigenvalue weighted by atomic mass is 79.9. The monoisotopic (exact) mass is 461 g/mol. The average Bonchev–Trinajstić information content (AvgIpc) is 3.03. The Hall–Kier alpha value is -3.18. The van der Waals surface area contributed by atoms with Crippen LogP contribution >= 0.6 is 15.9 Å². The minimum Gasteiger partial charge on any atom is -0.481 e. The number of carboxylic acid groups (broad SMARTS) is 1. The summed E-state index contributed by atoms with van der Waals surface area (Å²) >= 11 is 3.51. The lowest BCUT2D eigenvalue weighted by molar-refractivity contribution is -0.136. The normalized spacial score (nSPS) is 11.0. The lowest BCUT2D eigenvalue weighted by Gasteiger charge is -2.12. The van der Waals surface area contributed by atoms with Gasteiger partial charge in [-0.05, 0) is 28.8 Å². The Morgan fingerprint density at radius 3 is 2.23 bits per heavy atom. The molecule has 1 heterocycles. The molecule has 0 saturated carbocycles. The number of ketones is 1. The van der Waals surface area contributed by atoms with Crippen LogP contribution in [-0.2, 0) is 24.2 Å². The topological polar surface area (TPSA) is 59.3 Å². The van der Waals surface area contributed by atoms with Gasteiger partial charge in [0.15, 0.2) is 5.78 Å². The molecule has 3 aromatic carbocycles. The molecule has 0 unspecified atom stereocenters.